The number of esters is 1. The van der Waals surface area contributed by atoms with Crippen LogP contribution < -0.4 is 5.32 Å². The van der Waals surface area contributed by atoms with Gasteiger partial charge in [-0.2, -0.15) is 11.8 Å². The molecule has 0 aromatic carbocycles. The van der Waals surface area contributed by atoms with Gasteiger partial charge in [0.2, 0.25) is 0 Å². The number of nitrogens with one attached hydrogen (secondary N) is 1. The van der Waals surface area contributed by atoms with Crippen LogP contribution in [0, 0.1) is 0 Å². The van der Waals surface area contributed by atoms with Crippen LogP contribution in [0.4, 0.5) is 0 Å². The average molecular weight is 233 g/mol. The van der Waals surface area contributed by atoms with Crippen LogP contribution in [0.3, 0.4) is 0 Å². The quantitative estimate of drug-likeness (QED) is 0.489. The molecule has 0 fully saturated rings. The smallest absolute Gasteiger partial charge is 0.322 e. The number of methoxy groups -OCH3 is 1. The molecule has 0 amide bonds. The Hall–Kier alpha value is -0.220. The van der Waals surface area contributed by atoms with Crippen LogP contribution in [0.5, 0.6) is 0 Å². The van der Waals surface area contributed by atoms with E-state index in [4.69, 9.17) is 4.74 Å². The van der Waals surface area contributed by atoms with E-state index < -0.39 is 0 Å². The molecule has 0 aromatic heterocycles. The minimum absolute atomic E-state index is 0.129. The van der Waals surface area contributed by atoms with Gasteiger partial charge in [-0.25, -0.2) is 0 Å². The van der Waals surface area contributed by atoms with Crippen molar-refractivity contribution in [3.63, 3.8) is 0 Å². The number of hydrogen-bond acceptors (Lipinski definition) is 4. The van der Waals surface area contributed by atoms with Crippen molar-refractivity contribution < 1.29 is 9.53 Å². The maximum Gasteiger partial charge on any atom is 0.322 e. The van der Waals surface area contributed by atoms with Crippen LogP contribution in [0.25, 0.3) is 0 Å². The summed E-state index contributed by atoms with van der Waals surface area (Å²) in [6.45, 7) is 2.89. The fourth-order valence-corrected chi connectivity index (χ4v) is 1.85. The minimum Gasteiger partial charge on any atom is -0.468 e. The van der Waals surface area contributed by atoms with Crippen molar-refractivity contribution in [2.75, 3.05) is 25.7 Å². The van der Waals surface area contributed by atoms with Crippen molar-refractivity contribution in [3.8, 4) is 0 Å². The number of thioether (sulfide) groups is 1. The molecule has 0 aliphatic carbocycles. The third-order valence-electron chi connectivity index (χ3n) is 2.31. The van der Waals surface area contributed by atoms with Crippen molar-refractivity contribution in [2.45, 2.75) is 38.6 Å². The topological polar surface area (TPSA) is 38.3 Å². The SMILES string of the molecule is CCC(NCCCCCSC)C(=O)OC. The fourth-order valence-electron chi connectivity index (χ4n) is 1.36. The standard InChI is InChI=1S/C11H23NO2S/c1-4-10(11(13)14-2)12-8-6-5-7-9-15-3/h10,12H,4-9H2,1-3H3. The maximum atomic E-state index is 11.2. The van der Waals surface area contributed by atoms with Gasteiger partial charge >= 0.3 is 5.97 Å². The third kappa shape index (κ3) is 7.68. The van der Waals surface area contributed by atoms with Gasteiger partial charge in [-0.1, -0.05) is 13.3 Å². The zero-order valence-corrected chi connectivity index (χ0v) is 10.9. The molecule has 0 radical (unpaired) electrons. The lowest BCUT2D eigenvalue weighted by atomic mass is 10.2. The lowest BCUT2D eigenvalue weighted by molar-refractivity contribution is -0.143. The molecule has 0 bridgehead atoms. The zero-order valence-electron chi connectivity index (χ0n) is 10.0. The Labute approximate surface area is 97.3 Å². The van der Waals surface area contributed by atoms with Gasteiger partial charge in [0.25, 0.3) is 0 Å². The third-order valence-corrected chi connectivity index (χ3v) is 3.01. The summed E-state index contributed by atoms with van der Waals surface area (Å²) in [6.07, 6.45) is 6.54. The summed E-state index contributed by atoms with van der Waals surface area (Å²) in [5.74, 6) is 1.08. The predicted octanol–water partition coefficient (Wildman–Crippen LogP) is 2.06. The van der Waals surface area contributed by atoms with E-state index >= 15 is 0 Å². The van der Waals surface area contributed by atoms with E-state index in [0.29, 0.717) is 0 Å². The second-order valence-corrected chi connectivity index (χ2v) is 4.48. The largest absolute Gasteiger partial charge is 0.468 e. The summed E-state index contributed by atoms with van der Waals surface area (Å²) in [7, 11) is 1.44. The van der Waals surface area contributed by atoms with E-state index in [1.54, 1.807) is 0 Å². The first-order valence-electron chi connectivity index (χ1n) is 5.56. The molecule has 1 N–H and O–H groups in total. The first-order valence-corrected chi connectivity index (χ1v) is 6.95. The number of unbranched alkanes of at least 4 members (excludes halogenated alkanes) is 2. The number of carbonyl (C=O) groups excluding carboxylic acids is 1. The van der Waals surface area contributed by atoms with Crippen LogP contribution >= 0.6 is 11.8 Å². The van der Waals surface area contributed by atoms with E-state index in [-0.39, 0.29) is 12.0 Å². The van der Waals surface area contributed by atoms with Crippen LogP contribution in [-0.4, -0.2) is 37.7 Å². The van der Waals surface area contributed by atoms with Crippen LogP contribution in [0.2, 0.25) is 0 Å². The average Bonchev–Trinajstić information content (AvgIpc) is 2.27. The van der Waals surface area contributed by atoms with Gasteiger partial charge in [-0.3, -0.25) is 4.79 Å². The van der Waals surface area contributed by atoms with Gasteiger partial charge in [0.15, 0.2) is 0 Å². The Bertz CT molecular complexity index is 165. The lowest BCUT2D eigenvalue weighted by Gasteiger charge is -2.13. The van der Waals surface area contributed by atoms with Gasteiger partial charge < -0.3 is 10.1 Å². The Balaban J connectivity index is 3.42. The summed E-state index contributed by atoms with van der Waals surface area (Å²) in [5.41, 5.74) is 0. The predicted molar refractivity (Wildman–Crippen MR) is 66.3 cm³/mol. The first kappa shape index (κ1) is 14.8. The number of rotatable bonds is 9. The van der Waals surface area contributed by atoms with Gasteiger partial charge in [-0.15, -0.1) is 0 Å². The molecule has 0 saturated heterocycles. The van der Waals surface area contributed by atoms with Crippen molar-refractivity contribution in [3.05, 3.63) is 0 Å². The molecule has 90 valence electrons. The van der Waals surface area contributed by atoms with Crippen LogP contribution in [0.1, 0.15) is 32.6 Å². The molecule has 1 unspecified atom stereocenters. The molecule has 0 heterocycles. The summed E-state index contributed by atoms with van der Waals surface area (Å²) >= 11 is 1.88. The van der Waals surface area contributed by atoms with E-state index in [1.165, 1.54) is 25.7 Å². The number of carbonyl (C=O) groups is 1. The van der Waals surface area contributed by atoms with E-state index in [9.17, 15) is 4.79 Å². The Morgan fingerprint density at radius 1 is 1.40 bits per heavy atom. The van der Waals surface area contributed by atoms with E-state index in [0.717, 1.165) is 19.4 Å². The summed E-state index contributed by atoms with van der Waals surface area (Å²) in [4.78, 5) is 11.2. The monoisotopic (exact) mass is 233 g/mol. The second-order valence-electron chi connectivity index (χ2n) is 3.49. The molecule has 15 heavy (non-hydrogen) atoms. The summed E-state index contributed by atoms with van der Waals surface area (Å²) < 4.78 is 4.69. The molecule has 0 rings (SSSR count). The Morgan fingerprint density at radius 2 is 2.13 bits per heavy atom. The lowest BCUT2D eigenvalue weighted by Crippen LogP contribution is -2.37. The van der Waals surface area contributed by atoms with Crippen molar-refractivity contribution in [1.29, 1.82) is 0 Å². The highest BCUT2D eigenvalue weighted by atomic mass is 32.2. The molecule has 0 spiro atoms. The van der Waals surface area contributed by atoms with Crippen molar-refractivity contribution in [1.82, 2.24) is 5.32 Å². The van der Waals surface area contributed by atoms with Crippen molar-refractivity contribution >= 4 is 17.7 Å². The van der Waals surface area contributed by atoms with Gasteiger partial charge in [-0.05, 0) is 37.8 Å². The van der Waals surface area contributed by atoms with E-state index in [1.807, 2.05) is 18.7 Å². The molecule has 3 nitrogen and oxygen atoms in total. The van der Waals surface area contributed by atoms with Crippen LogP contribution in [0.15, 0.2) is 0 Å². The fraction of sp³-hybridized carbons (Fsp3) is 0.909. The molecule has 0 aliphatic rings. The molecule has 0 aliphatic heterocycles. The second kappa shape index (κ2) is 10.3. The molecule has 0 aromatic rings. The van der Waals surface area contributed by atoms with E-state index in [2.05, 4.69) is 11.6 Å². The van der Waals surface area contributed by atoms with Crippen LogP contribution in [-0.2, 0) is 9.53 Å². The first-order chi connectivity index (χ1) is 7.26. The molecular weight excluding hydrogens is 210 g/mol. The highest BCUT2D eigenvalue weighted by molar-refractivity contribution is 7.98. The normalized spacial score (nSPS) is 12.5. The molecule has 1 atom stereocenters. The summed E-state index contributed by atoms with van der Waals surface area (Å²) in [5, 5.41) is 3.22. The highest BCUT2D eigenvalue weighted by Gasteiger charge is 2.14. The Morgan fingerprint density at radius 3 is 2.67 bits per heavy atom. The molecule has 4 heteroatoms. The van der Waals surface area contributed by atoms with Crippen molar-refractivity contribution in [2.24, 2.45) is 0 Å². The van der Waals surface area contributed by atoms with Gasteiger partial charge in [0.1, 0.15) is 6.04 Å². The van der Waals surface area contributed by atoms with Gasteiger partial charge in [0, 0.05) is 0 Å². The van der Waals surface area contributed by atoms with Gasteiger partial charge in [0.05, 0.1) is 7.11 Å². The molecule has 0 saturated carbocycles. The minimum atomic E-state index is -0.151. The molecular formula is C11H23NO2S. The zero-order chi connectivity index (χ0) is 11.5. The number of ether oxygens (including phenoxy) is 1. The highest BCUT2D eigenvalue weighted by Crippen LogP contribution is 2.02. The summed E-state index contributed by atoms with van der Waals surface area (Å²) in [6, 6.07) is -0.129. The maximum absolute atomic E-state index is 11.2. The number of hydrogen-bond donors (Lipinski definition) is 1. The Kier molecular flexibility index (Phi) is 10.2.